The minimum atomic E-state index is -0.673. The molecule has 0 atom stereocenters. The molecule has 0 radical (unpaired) electrons. The minimum absolute atomic E-state index is 0.174. The van der Waals surface area contributed by atoms with E-state index in [2.05, 4.69) is 20.5 Å². The molecule has 0 saturated carbocycles. The van der Waals surface area contributed by atoms with Gasteiger partial charge in [0.1, 0.15) is 5.82 Å². The molecule has 1 saturated heterocycles. The quantitative estimate of drug-likeness (QED) is 0.798. The lowest BCUT2D eigenvalue weighted by Crippen LogP contribution is -2.51. The van der Waals surface area contributed by atoms with Crippen LogP contribution in [0.2, 0.25) is 0 Å². The van der Waals surface area contributed by atoms with Crippen molar-refractivity contribution in [2.24, 2.45) is 0 Å². The molecule has 1 aromatic carbocycles. The highest BCUT2D eigenvalue weighted by atomic mass is 16.2. The van der Waals surface area contributed by atoms with Gasteiger partial charge in [0.2, 0.25) is 5.91 Å². The van der Waals surface area contributed by atoms with E-state index >= 15 is 0 Å². The molecule has 2 N–H and O–H groups in total. The van der Waals surface area contributed by atoms with Gasteiger partial charge in [-0.05, 0) is 36.4 Å². The van der Waals surface area contributed by atoms with Crippen LogP contribution in [0.4, 0.5) is 17.2 Å². The molecule has 140 valence electrons. The van der Waals surface area contributed by atoms with Gasteiger partial charge in [-0.2, -0.15) is 0 Å². The normalized spacial score (nSPS) is 13.8. The van der Waals surface area contributed by atoms with Gasteiger partial charge in [0.25, 0.3) is 0 Å². The zero-order valence-corrected chi connectivity index (χ0v) is 15.0. The third-order valence-electron chi connectivity index (χ3n) is 4.20. The van der Waals surface area contributed by atoms with Crippen molar-refractivity contribution in [2.45, 2.75) is 6.92 Å². The van der Waals surface area contributed by atoms with E-state index in [1.165, 1.54) is 6.92 Å². The number of hydrogen-bond acceptors (Lipinski definition) is 5. The van der Waals surface area contributed by atoms with E-state index in [0.717, 1.165) is 5.82 Å². The van der Waals surface area contributed by atoms with Gasteiger partial charge in [0.05, 0.1) is 0 Å². The smallest absolute Gasteiger partial charge is 0.313 e. The summed E-state index contributed by atoms with van der Waals surface area (Å²) in [6.45, 7) is 3.60. The number of anilines is 3. The zero-order valence-electron chi connectivity index (χ0n) is 15.0. The first kappa shape index (κ1) is 18.4. The third kappa shape index (κ3) is 4.81. The van der Waals surface area contributed by atoms with Crippen LogP contribution in [0.15, 0.2) is 48.7 Å². The van der Waals surface area contributed by atoms with E-state index in [0.29, 0.717) is 37.6 Å². The van der Waals surface area contributed by atoms with E-state index in [4.69, 9.17) is 0 Å². The molecule has 0 spiro atoms. The zero-order chi connectivity index (χ0) is 19.2. The lowest BCUT2D eigenvalue weighted by Gasteiger charge is -2.34. The average molecular weight is 367 g/mol. The number of benzene rings is 1. The average Bonchev–Trinajstić information content (AvgIpc) is 2.69. The molecule has 2 heterocycles. The number of hydrogen-bond donors (Lipinski definition) is 2. The van der Waals surface area contributed by atoms with Crippen LogP contribution in [0, 0.1) is 0 Å². The molecule has 1 aliphatic rings. The standard InChI is InChI=1S/C19H21N5O3/c1-14(25)21-15-5-7-16(8-6-15)22-18(26)19(27)24-12-10-23(11-13-24)17-4-2-3-9-20-17/h2-9H,10-13H2,1H3,(H,21,25)(H,22,26). The highest BCUT2D eigenvalue weighted by Gasteiger charge is 2.26. The van der Waals surface area contributed by atoms with Crippen LogP contribution in [0.3, 0.4) is 0 Å². The Hall–Kier alpha value is -3.42. The molecule has 8 nitrogen and oxygen atoms in total. The molecule has 0 bridgehead atoms. The van der Waals surface area contributed by atoms with Crippen molar-refractivity contribution in [3.63, 3.8) is 0 Å². The highest BCUT2D eigenvalue weighted by Crippen LogP contribution is 2.15. The van der Waals surface area contributed by atoms with Crippen LogP contribution < -0.4 is 15.5 Å². The lowest BCUT2D eigenvalue weighted by molar-refractivity contribution is -0.143. The summed E-state index contributed by atoms with van der Waals surface area (Å²) in [5, 5.41) is 5.23. The molecular formula is C19H21N5O3. The number of carbonyl (C=O) groups is 3. The van der Waals surface area contributed by atoms with Crippen LogP contribution in [0.25, 0.3) is 0 Å². The summed E-state index contributed by atoms with van der Waals surface area (Å²) >= 11 is 0. The van der Waals surface area contributed by atoms with Gasteiger partial charge < -0.3 is 20.4 Å². The SMILES string of the molecule is CC(=O)Nc1ccc(NC(=O)C(=O)N2CCN(c3ccccn3)CC2)cc1. The number of aromatic nitrogens is 1. The summed E-state index contributed by atoms with van der Waals surface area (Å²) in [4.78, 5) is 43.6. The van der Waals surface area contributed by atoms with E-state index in [9.17, 15) is 14.4 Å². The van der Waals surface area contributed by atoms with Crippen molar-refractivity contribution in [3.05, 3.63) is 48.7 Å². The van der Waals surface area contributed by atoms with Crippen molar-refractivity contribution in [2.75, 3.05) is 41.7 Å². The van der Waals surface area contributed by atoms with Gasteiger partial charge in [0, 0.05) is 50.7 Å². The maximum absolute atomic E-state index is 12.4. The Labute approximate surface area is 157 Å². The first-order valence-corrected chi connectivity index (χ1v) is 8.67. The van der Waals surface area contributed by atoms with Crippen LogP contribution in [0.1, 0.15) is 6.92 Å². The number of nitrogens with zero attached hydrogens (tertiary/aromatic N) is 3. The van der Waals surface area contributed by atoms with Crippen molar-refractivity contribution >= 4 is 34.9 Å². The van der Waals surface area contributed by atoms with Gasteiger partial charge in [0.15, 0.2) is 0 Å². The molecule has 3 amide bonds. The van der Waals surface area contributed by atoms with Crippen LogP contribution in [-0.2, 0) is 14.4 Å². The van der Waals surface area contributed by atoms with Crippen LogP contribution in [0.5, 0.6) is 0 Å². The fraction of sp³-hybridized carbons (Fsp3) is 0.263. The largest absolute Gasteiger partial charge is 0.353 e. The summed E-state index contributed by atoms with van der Waals surface area (Å²) in [6.07, 6.45) is 1.73. The maximum atomic E-state index is 12.4. The number of nitrogens with one attached hydrogen (secondary N) is 2. The lowest BCUT2D eigenvalue weighted by atomic mass is 10.2. The summed E-state index contributed by atoms with van der Waals surface area (Å²) in [5.74, 6) is -0.532. The fourth-order valence-electron chi connectivity index (χ4n) is 2.85. The Morgan fingerprint density at radius 1 is 0.889 bits per heavy atom. The van der Waals surface area contributed by atoms with Crippen molar-refractivity contribution in [1.29, 1.82) is 0 Å². The Kier molecular flexibility index (Phi) is 5.65. The van der Waals surface area contributed by atoms with Crippen molar-refractivity contribution in [1.82, 2.24) is 9.88 Å². The minimum Gasteiger partial charge on any atom is -0.353 e. The van der Waals surface area contributed by atoms with Gasteiger partial charge in [-0.15, -0.1) is 0 Å². The summed E-state index contributed by atoms with van der Waals surface area (Å²) in [6, 6.07) is 12.3. The predicted octanol–water partition coefficient (Wildman–Crippen LogP) is 1.33. The van der Waals surface area contributed by atoms with Crippen molar-refractivity contribution < 1.29 is 14.4 Å². The summed E-state index contributed by atoms with van der Waals surface area (Å²) in [7, 11) is 0. The van der Waals surface area contributed by atoms with Gasteiger partial charge in [-0.1, -0.05) is 6.07 Å². The van der Waals surface area contributed by atoms with E-state index in [-0.39, 0.29) is 5.91 Å². The number of amides is 3. The number of piperazine rings is 1. The summed E-state index contributed by atoms with van der Waals surface area (Å²) in [5.41, 5.74) is 1.12. The molecule has 8 heteroatoms. The Morgan fingerprint density at radius 2 is 1.52 bits per heavy atom. The Morgan fingerprint density at radius 3 is 2.07 bits per heavy atom. The fourth-order valence-corrected chi connectivity index (χ4v) is 2.85. The second-order valence-electron chi connectivity index (χ2n) is 6.18. The molecular weight excluding hydrogens is 346 g/mol. The topological polar surface area (TPSA) is 94.6 Å². The molecule has 27 heavy (non-hydrogen) atoms. The van der Waals surface area contributed by atoms with Gasteiger partial charge in [-0.3, -0.25) is 14.4 Å². The number of carbonyl (C=O) groups excluding carboxylic acids is 3. The van der Waals surface area contributed by atoms with Gasteiger partial charge >= 0.3 is 11.8 Å². The monoisotopic (exact) mass is 367 g/mol. The maximum Gasteiger partial charge on any atom is 0.313 e. The number of pyridine rings is 1. The van der Waals surface area contributed by atoms with Crippen molar-refractivity contribution in [3.8, 4) is 0 Å². The van der Waals surface area contributed by atoms with Crippen LogP contribution >= 0.6 is 0 Å². The molecule has 3 rings (SSSR count). The molecule has 1 aromatic heterocycles. The third-order valence-corrected chi connectivity index (χ3v) is 4.20. The molecule has 1 fully saturated rings. The Balaban J connectivity index is 1.52. The summed E-state index contributed by atoms with van der Waals surface area (Å²) < 4.78 is 0. The highest BCUT2D eigenvalue weighted by molar-refractivity contribution is 6.39. The first-order chi connectivity index (χ1) is 13.0. The van der Waals surface area contributed by atoms with Crippen LogP contribution in [-0.4, -0.2) is 53.8 Å². The molecule has 0 unspecified atom stereocenters. The number of rotatable bonds is 3. The molecule has 2 aromatic rings. The first-order valence-electron chi connectivity index (χ1n) is 8.67. The van der Waals surface area contributed by atoms with E-state index in [1.807, 2.05) is 18.2 Å². The molecule has 1 aliphatic heterocycles. The van der Waals surface area contributed by atoms with Gasteiger partial charge in [-0.25, -0.2) is 4.98 Å². The second kappa shape index (κ2) is 8.31. The second-order valence-corrected chi connectivity index (χ2v) is 6.18. The van der Waals surface area contributed by atoms with E-state index in [1.54, 1.807) is 35.4 Å². The predicted molar refractivity (Wildman–Crippen MR) is 102 cm³/mol. The molecule has 0 aliphatic carbocycles. The Bertz CT molecular complexity index is 815. The van der Waals surface area contributed by atoms with E-state index < -0.39 is 11.8 Å².